The van der Waals surface area contributed by atoms with E-state index in [0.717, 1.165) is 10.9 Å². The molecule has 3 aromatic rings. The number of esters is 1. The zero-order valence-corrected chi connectivity index (χ0v) is 12.3. The van der Waals surface area contributed by atoms with Crippen molar-refractivity contribution in [2.24, 2.45) is 0 Å². The van der Waals surface area contributed by atoms with Crippen LogP contribution in [0.4, 0.5) is 0 Å². The molecule has 1 heterocycles. The topological polar surface area (TPSA) is 76.5 Å². The molecule has 2 aromatic carbocycles. The maximum Gasteiger partial charge on any atom is 0.338 e. The zero-order chi connectivity index (χ0) is 16.4. The molecule has 5 heteroatoms. The van der Waals surface area contributed by atoms with Gasteiger partial charge in [0.1, 0.15) is 0 Å². The molecule has 0 aliphatic carbocycles. The van der Waals surface area contributed by atoms with Gasteiger partial charge in [0.15, 0.2) is 0 Å². The molecule has 5 nitrogen and oxygen atoms in total. The minimum Gasteiger partial charge on any atom is -0.478 e. The molecule has 114 valence electrons. The number of hydrogen-bond donors (Lipinski definition) is 1. The molecule has 1 N–H and O–H groups in total. The number of carbonyl (C=O) groups excluding carboxylic acids is 1. The van der Waals surface area contributed by atoms with Gasteiger partial charge in [0.05, 0.1) is 23.8 Å². The summed E-state index contributed by atoms with van der Waals surface area (Å²) in [6, 6.07) is 13.8. The monoisotopic (exact) mass is 307 g/mol. The van der Waals surface area contributed by atoms with Gasteiger partial charge in [0, 0.05) is 22.7 Å². The van der Waals surface area contributed by atoms with Gasteiger partial charge < -0.3 is 9.84 Å². The number of fused-ring (bicyclic) bond motifs is 1. The predicted molar refractivity (Wildman–Crippen MR) is 85.5 cm³/mol. The number of carboxylic acids is 1. The highest BCUT2D eigenvalue weighted by Gasteiger charge is 2.20. The number of para-hydroxylation sites is 1. The zero-order valence-electron chi connectivity index (χ0n) is 12.3. The maximum absolute atomic E-state index is 12.0. The first kappa shape index (κ1) is 14.7. The van der Waals surface area contributed by atoms with Crippen LogP contribution in [0.2, 0.25) is 0 Å². The van der Waals surface area contributed by atoms with Gasteiger partial charge in [-0.2, -0.15) is 0 Å². The first-order valence-corrected chi connectivity index (χ1v) is 6.91. The van der Waals surface area contributed by atoms with Crippen LogP contribution in [-0.2, 0) is 4.74 Å². The van der Waals surface area contributed by atoms with E-state index in [0.29, 0.717) is 11.1 Å². The molecular formula is C18H13NO4. The second-order valence-electron chi connectivity index (χ2n) is 4.94. The molecule has 0 atom stereocenters. The third-order valence-corrected chi connectivity index (χ3v) is 3.58. The van der Waals surface area contributed by atoms with E-state index in [9.17, 15) is 14.7 Å². The highest BCUT2D eigenvalue weighted by Crippen LogP contribution is 2.30. The number of aromatic carboxylic acids is 1. The van der Waals surface area contributed by atoms with E-state index < -0.39 is 11.9 Å². The van der Waals surface area contributed by atoms with Crippen LogP contribution < -0.4 is 0 Å². The van der Waals surface area contributed by atoms with Gasteiger partial charge in [0.2, 0.25) is 0 Å². The van der Waals surface area contributed by atoms with Gasteiger partial charge >= 0.3 is 11.9 Å². The smallest absolute Gasteiger partial charge is 0.338 e. The molecule has 0 spiro atoms. The highest BCUT2D eigenvalue weighted by molar-refractivity contribution is 6.06. The number of carbonyl (C=O) groups is 2. The van der Waals surface area contributed by atoms with Crippen LogP contribution in [0.5, 0.6) is 0 Å². The van der Waals surface area contributed by atoms with E-state index >= 15 is 0 Å². The summed E-state index contributed by atoms with van der Waals surface area (Å²) in [5.74, 6) is -1.70. The average Bonchev–Trinajstić information content (AvgIpc) is 2.59. The van der Waals surface area contributed by atoms with Crippen LogP contribution >= 0.6 is 0 Å². The summed E-state index contributed by atoms with van der Waals surface area (Å²) in [5, 5.41) is 10.3. The van der Waals surface area contributed by atoms with Gasteiger partial charge in [-0.1, -0.05) is 24.3 Å². The third-order valence-electron chi connectivity index (χ3n) is 3.58. The number of benzene rings is 2. The van der Waals surface area contributed by atoms with E-state index in [2.05, 4.69) is 4.98 Å². The lowest BCUT2D eigenvalue weighted by atomic mass is 9.94. The summed E-state index contributed by atoms with van der Waals surface area (Å²) in [6.45, 7) is 0. The molecular weight excluding hydrogens is 294 g/mol. The number of rotatable bonds is 3. The Bertz CT molecular complexity index is 918. The van der Waals surface area contributed by atoms with Crippen molar-refractivity contribution < 1.29 is 19.4 Å². The van der Waals surface area contributed by atoms with Crippen LogP contribution in [0, 0.1) is 0 Å². The Balaban J connectivity index is 2.31. The summed E-state index contributed by atoms with van der Waals surface area (Å²) in [4.78, 5) is 27.9. The summed E-state index contributed by atoms with van der Waals surface area (Å²) >= 11 is 0. The first-order chi connectivity index (χ1) is 11.1. The molecule has 0 aliphatic rings. The fraction of sp³-hybridized carbons (Fsp3) is 0.0556. The van der Waals surface area contributed by atoms with Gasteiger partial charge in [-0.05, 0) is 24.3 Å². The highest BCUT2D eigenvalue weighted by atomic mass is 16.5. The van der Waals surface area contributed by atoms with Gasteiger partial charge in [-0.3, -0.25) is 4.98 Å². The summed E-state index contributed by atoms with van der Waals surface area (Å²) in [7, 11) is 1.26. The molecule has 0 saturated carbocycles. The van der Waals surface area contributed by atoms with Crippen molar-refractivity contribution in [1.29, 1.82) is 0 Å². The number of pyridine rings is 1. The Morgan fingerprint density at radius 3 is 2.52 bits per heavy atom. The predicted octanol–water partition coefficient (Wildman–Crippen LogP) is 3.39. The fourth-order valence-corrected chi connectivity index (χ4v) is 2.53. The molecule has 0 unspecified atom stereocenters. The van der Waals surface area contributed by atoms with Crippen LogP contribution in [0.25, 0.3) is 22.0 Å². The number of carboxylic acid groups (broad SMARTS) is 1. The lowest BCUT2D eigenvalue weighted by Gasteiger charge is -2.12. The lowest BCUT2D eigenvalue weighted by Crippen LogP contribution is -2.08. The van der Waals surface area contributed by atoms with E-state index in [1.165, 1.54) is 19.2 Å². The summed E-state index contributed by atoms with van der Waals surface area (Å²) in [5.41, 5.74) is 1.89. The van der Waals surface area contributed by atoms with Crippen molar-refractivity contribution in [3.63, 3.8) is 0 Å². The van der Waals surface area contributed by atoms with E-state index in [1.54, 1.807) is 12.3 Å². The Kier molecular flexibility index (Phi) is 3.76. The molecule has 0 saturated heterocycles. The second kappa shape index (κ2) is 5.88. The van der Waals surface area contributed by atoms with Crippen molar-refractivity contribution in [1.82, 2.24) is 4.98 Å². The quantitative estimate of drug-likeness (QED) is 0.751. The molecule has 0 bridgehead atoms. The molecule has 23 heavy (non-hydrogen) atoms. The number of ether oxygens (including phenoxy) is 1. The van der Waals surface area contributed by atoms with Crippen LogP contribution in [-0.4, -0.2) is 29.1 Å². The van der Waals surface area contributed by atoms with Crippen molar-refractivity contribution in [2.75, 3.05) is 7.11 Å². The number of hydrogen-bond acceptors (Lipinski definition) is 4. The summed E-state index contributed by atoms with van der Waals surface area (Å²) in [6.07, 6.45) is 1.57. The largest absolute Gasteiger partial charge is 0.478 e. The summed E-state index contributed by atoms with van der Waals surface area (Å²) < 4.78 is 4.77. The Morgan fingerprint density at radius 2 is 1.78 bits per heavy atom. The average molecular weight is 307 g/mol. The molecule has 3 rings (SSSR count). The number of aromatic nitrogens is 1. The van der Waals surface area contributed by atoms with Gasteiger partial charge in [-0.25, -0.2) is 9.59 Å². The Morgan fingerprint density at radius 1 is 1.04 bits per heavy atom. The lowest BCUT2D eigenvalue weighted by molar-refractivity contribution is 0.0601. The molecule has 0 radical (unpaired) electrons. The minimum atomic E-state index is -1.11. The number of methoxy groups -OCH3 is 1. The standard InChI is InChI=1S/C18H13NO4/c1-23-18(22)14-7-4-6-13(17(20)21)16(14)12-9-11-5-2-3-8-15(11)19-10-12/h2-10H,1H3,(H,20,21). The van der Waals surface area contributed by atoms with Crippen LogP contribution in [0.1, 0.15) is 20.7 Å². The Labute approximate surface area is 132 Å². The third kappa shape index (κ3) is 2.64. The van der Waals surface area contributed by atoms with E-state index in [4.69, 9.17) is 4.74 Å². The molecule has 0 amide bonds. The van der Waals surface area contributed by atoms with Gasteiger partial charge in [-0.15, -0.1) is 0 Å². The van der Waals surface area contributed by atoms with Crippen molar-refractivity contribution in [3.8, 4) is 11.1 Å². The van der Waals surface area contributed by atoms with Crippen molar-refractivity contribution >= 4 is 22.8 Å². The normalized spacial score (nSPS) is 10.5. The second-order valence-corrected chi connectivity index (χ2v) is 4.94. The van der Waals surface area contributed by atoms with E-state index in [1.807, 2.05) is 30.3 Å². The van der Waals surface area contributed by atoms with Crippen molar-refractivity contribution in [3.05, 3.63) is 65.9 Å². The number of nitrogens with zero attached hydrogens (tertiary/aromatic N) is 1. The molecule has 1 aromatic heterocycles. The van der Waals surface area contributed by atoms with Gasteiger partial charge in [0.25, 0.3) is 0 Å². The molecule has 0 aliphatic heterocycles. The minimum absolute atomic E-state index is 0.0324. The van der Waals surface area contributed by atoms with E-state index in [-0.39, 0.29) is 11.1 Å². The first-order valence-electron chi connectivity index (χ1n) is 6.91. The fourth-order valence-electron chi connectivity index (χ4n) is 2.53. The SMILES string of the molecule is COC(=O)c1cccc(C(=O)O)c1-c1cnc2ccccc2c1. The van der Waals surface area contributed by atoms with Crippen molar-refractivity contribution in [2.45, 2.75) is 0 Å². The van der Waals surface area contributed by atoms with Crippen LogP contribution in [0.15, 0.2) is 54.7 Å². The molecule has 0 fully saturated rings. The maximum atomic E-state index is 12.0. The Hall–Kier alpha value is -3.21. The van der Waals surface area contributed by atoms with Crippen LogP contribution in [0.3, 0.4) is 0 Å².